The van der Waals surface area contributed by atoms with E-state index in [-0.39, 0.29) is 12.0 Å². The van der Waals surface area contributed by atoms with Crippen molar-refractivity contribution in [3.05, 3.63) is 34.9 Å². The Labute approximate surface area is 130 Å². The predicted molar refractivity (Wildman–Crippen MR) is 82.4 cm³/mol. The average Bonchev–Trinajstić information content (AvgIpc) is 2.46. The lowest BCUT2D eigenvalue weighted by atomic mass is 9.78. The molecular formula is C16H22ClNO3. The van der Waals surface area contributed by atoms with Gasteiger partial charge >= 0.3 is 5.97 Å². The Bertz CT molecular complexity index is 498. The second-order valence-corrected chi connectivity index (χ2v) is 6.37. The summed E-state index contributed by atoms with van der Waals surface area (Å²) in [6, 6.07) is 7.68. The van der Waals surface area contributed by atoms with Crippen molar-refractivity contribution in [3.63, 3.8) is 0 Å². The molecule has 21 heavy (non-hydrogen) atoms. The largest absolute Gasteiger partial charge is 0.481 e. The molecule has 0 amide bonds. The molecule has 0 heterocycles. The molecule has 2 rings (SSSR count). The Kier molecular flexibility index (Phi) is 5.25. The van der Waals surface area contributed by atoms with Gasteiger partial charge in [0, 0.05) is 17.6 Å². The van der Waals surface area contributed by atoms with Gasteiger partial charge in [0.1, 0.15) is 0 Å². The quantitative estimate of drug-likeness (QED) is 0.782. The molecule has 1 saturated carbocycles. The third-order valence-electron chi connectivity index (χ3n) is 4.37. The first-order valence-corrected chi connectivity index (χ1v) is 7.72. The van der Waals surface area contributed by atoms with Crippen LogP contribution in [0.25, 0.3) is 0 Å². The number of hydrogen-bond donors (Lipinski definition) is 3. The Hall–Kier alpha value is -1.10. The number of benzene rings is 1. The molecule has 1 fully saturated rings. The number of halogens is 1. The maximum Gasteiger partial charge on any atom is 0.306 e. The van der Waals surface area contributed by atoms with Gasteiger partial charge in [-0.25, -0.2) is 0 Å². The van der Waals surface area contributed by atoms with Crippen LogP contribution in [-0.4, -0.2) is 28.3 Å². The Morgan fingerprint density at radius 1 is 1.43 bits per heavy atom. The fraction of sp³-hybridized carbons (Fsp3) is 0.562. The molecule has 1 aliphatic rings. The van der Waals surface area contributed by atoms with Gasteiger partial charge in [-0.3, -0.25) is 4.79 Å². The molecule has 0 saturated heterocycles. The van der Waals surface area contributed by atoms with Crippen molar-refractivity contribution in [2.75, 3.05) is 6.54 Å². The van der Waals surface area contributed by atoms with E-state index in [1.807, 2.05) is 31.2 Å². The van der Waals surface area contributed by atoms with Crippen LogP contribution in [0.3, 0.4) is 0 Å². The number of aliphatic hydroxyl groups is 1. The second kappa shape index (κ2) is 6.77. The van der Waals surface area contributed by atoms with E-state index in [4.69, 9.17) is 16.7 Å². The van der Waals surface area contributed by atoms with Crippen LogP contribution >= 0.6 is 11.6 Å². The summed E-state index contributed by atoms with van der Waals surface area (Å²) in [6.07, 6.45) is 2.11. The summed E-state index contributed by atoms with van der Waals surface area (Å²) in [6.45, 7) is 2.46. The number of nitrogens with one attached hydrogen (secondary N) is 1. The second-order valence-electron chi connectivity index (χ2n) is 5.96. The fourth-order valence-corrected chi connectivity index (χ4v) is 3.16. The van der Waals surface area contributed by atoms with E-state index in [1.165, 1.54) is 0 Å². The zero-order valence-corrected chi connectivity index (χ0v) is 12.9. The van der Waals surface area contributed by atoms with Crippen molar-refractivity contribution in [1.29, 1.82) is 0 Å². The van der Waals surface area contributed by atoms with Crippen molar-refractivity contribution in [2.24, 2.45) is 5.92 Å². The highest BCUT2D eigenvalue weighted by molar-refractivity contribution is 6.31. The summed E-state index contributed by atoms with van der Waals surface area (Å²) < 4.78 is 0. The summed E-state index contributed by atoms with van der Waals surface area (Å²) in [5.41, 5.74) is 0.184. The molecule has 1 aromatic carbocycles. The van der Waals surface area contributed by atoms with Crippen molar-refractivity contribution in [2.45, 2.75) is 44.2 Å². The number of rotatable bonds is 5. The van der Waals surface area contributed by atoms with Crippen molar-refractivity contribution in [1.82, 2.24) is 5.32 Å². The zero-order valence-electron chi connectivity index (χ0n) is 12.2. The van der Waals surface area contributed by atoms with Crippen LogP contribution in [0.1, 0.15) is 44.2 Å². The highest BCUT2D eigenvalue weighted by atomic mass is 35.5. The topological polar surface area (TPSA) is 69.6 Å². The third-order valence-corrected chi connectivity index (χ3v) is 4.72. The molecule has 0 radical (unpaired) electrons. The van der Waals surface area contributed by atoms with E-state index in [9.17, 15) is 9.90 Å². The molecule has 1 unspecified atom stereocenters. The smallest absolute Gasteiger partial charge is 0.306 e. The summed E-state index contributed by atoms with van der Waals surface area (Å²) in [5, 5.41) is 23.6. The normalized spacial score (nSPS) is 27.3. The molecule has 1 atom stereocenters. The Morgan fingerprint density at radius 3 is 2.62 bits per heavy atom. The van der Waals surface area contributed by atoms with Crippen molar-refractivity contribution >= 4 is 17.6 Å². The standard InChI is InChI=1S/C16H22ClNO3/c1-11(13-4-2-3-5-14(13)17)18-10-16(21)8-6-12(7-9-16)15(19)20/h2-5,11-12,18,21H,6-10H2,1H3,(H,19,20). The zero-order chi connectivity index (χ0) is 15.5. The molecule has 1 aliphatic carbocycles. The Balaban J connectivity index is 1.88. The molecule has 116 valence electrons. The van der Waals surface area contributed by atoms with Gasteiger partial charge < -0.3 is 15.5 Å². The summed E-state index contributed by atoms with van der Waals surface area (Å²) in [4.78, 5) is 10.9. The maximum absolute atomic E-state index is 10.9. The summed E-state index contributed by atoms with van der Waals surface area (Å²) in [7, 11) is 0. The molecule has 1 aromatic rings. The van der Waals surface area contributed by atoms with Crippen LogP contribution in [-0.2, 0) is 4.79 Å². The highest BCUT2D eigenvalue weighted by Gasteiger charge is 2.35. The molecule has 5 heteroatoms. The lowest BCUT2D eigenvalue weighted by molar-refractivity contribution is -0.144. The molecule has 0 spiro atoms. The molecule has 0 aliphatic heterocycles. The molecular weight excluding hydrogens is 290 g/mol. The first-order chi connectivity index (χ1) is 9.91. The average molecular weight is 312 g/mol. The van der Waals surface area contributed by atoms with Crippen LogP contribution in [0, 0.1) is 5.92 Å². The van der Waals surface area contributed by atoms with Gasteiger partial charge in [-0.2, -0.15) is 0 Å². The number of hydrogen-bond acceptors (Lipinski definition) is 3. The first-order valence-electron chi connectivity index (χ1n) is 7.34. The molecule has 0 aromatic heterocycles. The van der Waals surface area contributed by atoms with E-state index in [2.05, 4.69) is 5.32 Å². The first kappa shape index (κ1) is 16.3. The van der Waals surface area contributed by atoms with E-state index < -0.39 is 11.6 Å². The summed E-state index contributed by atoms with van der Waals surface area (Å²) >= 11 is 6.16. The van der Waals surface area contributed by atoms with E-state index in [1.54, 1.807) is 0 Å². The van der Waals surface area contributed by atoms with Crippen molar-refractivity contribution in [3.8, 4) is 0 Å². The maximum atomic E-state index is 10.9. The van der Waals surface area contributed by atoms with Crippen LogP contribution in [0.4, 0.5) is 0 Å². The Morgan fingerprint density at radius 2 is 2.05 bits per heavy atom. The highest BCUT2D eigenvalue weighted by Crippen LogP contribution is 2.32. The molecule has 0 bridgehead atoms. The van der Waals surface area contributed by atoms with Gasteiger partial charge in [-0.05, 0) is 44.2 Å². The molecule has 4 nitrogen and oxygen atoms in total. The number of aliphatic carboxylic acids is 1. The fourth-order valence-electron chi connectivity index (χ4n) is 2.86. The number of carboxylic acid groups (broad SMARTS) is 1. The SMILES string of the molecule is CC(NCC1(O)CCC(C(=O)O)CC1)c1ccccc1Cl. The lowest BCUT2D eigenvalue weighted by Gasteiger charge is -2.35. The van der Waals surface area contributed by atoms with E-state index >= 15 is 0 Å². The number of carboxylic acids is 1. The van der Waals surface area contributed by atoms with Gasteiger partial charge in [-0.1, -0.05) is 29.8 Å². The monoisotopic (exact) mass is 311 g/mol. The van der Waals surface area contributed by atoms with Crippen LogP contribution in [0.15, 0.2) is 24.3 Å². The van der Waals surface area contributed by atoms with Gasteiger partial charge in [-0.15, -0.1) is 0 Å². The predicted octanol–water partition coefficient (Wildman–Crippen LogP) is 3.00. The van der Waals surface area contributed by atoms with Gasteiger partial charge in [0.15, 0.2) is 0 Å². The van der Waals surface area contributed by atoms with Gasteiger partial charge in [0.2, 0.25) is 0 Å². The van der Waals surface area contributed by atoms with Crippen LogP contribution in [0.2, 0.25) is 5.02 Å². The summed E-state index contributed by atoms with van der Waals surface area (Å²) in [5.74, 6) is -1.07. The van der Waals surface area contributed by atoms with E-state index in [0.717, 1.165) is 5.56 Å². The van der Waals surface area contributed by atoms with Crippen LogP contribution in [0.5, 0.6) is 0 Å². The minimum atomic E-state index is -0.818. The van der Waals surface area contributed by atoms with Gasteiger partial charge in [0.25, 0.3) is 0 Å². The molecule has 3 N–H and O–H groups in total. The van der Waals surface area contributed by atoms with Crippen molar-refractivity contribution < 1.29 is 15.0 Å². The third kappa shape index (κ3) is 4.19. The number of carbonyl (C=O) groups is 1. The van der Waals surface area contributed by atoms with Crippen LogP contribution < -0.4 is 5.32 Å². The lowest BCUT2D eigenvalue weighted by Crippen LogP contribution is -2.45. The minimum absolute atomic E-state index is 0.0416. The van der Waals surface area contributed by atoms with E-state index in [0.29, 0.717) is 37.3 Å². The van der Waals surface area contributed by atoms with Gasteiger partial charge in [0.05, 0.1) is 11.5 Å². The minimum Gasteiger partial charge on any atom is -0.481 e.